The van der Waals surface area contributed by atoms with Gasteiger partial charge in [0.05, 0.1) is 5.52 Å². The Morgan fingerprint density at radius 3 is 2.42 bits per heavy atom. The summed E-state index contributed by atoms with van der Waals surface area (Å²) in [5, 5.41) is 1.26. The quantitative estimate of drug-likeness (QED) is 0.495. The van der Waals surface area contributed by atoms with Gasteiger partial charge in [-0.15, -0.1) is 0 Å². The molecule has 2 aromatic carbocycles. The van der Waals surface area contributed by atoms with Gasteiger partial charge in [0.2, 0.25) is 0 Å². The van der Waals surface area contributed by atoms with Crippen molar-refractivity contribution in [1.82, 2.24) is 9.55 Å². The number of para-hydroxylation sites is 1. The van der Waals surface area contributed by atoms with E-state index in [1.807, 2.05) is 18.3 Å². The van der Waals surface area contributed by atoms with Crippen LogP contribution < -0.4 is 0 Å². The number of benzene rings is 2. The SMILES string of the molecule is CC(Cc1ccccc1)c1cc2ccccc2n1-c1ccccn1. The number of hydrogen-bond acceptors (Lipinski definition) is 1. The van der Waals surface area contributed by atoms with E-state index in [1.165, 1.54) is 22.2 Å². The van der Waals surface area contributed by atoms with Crippen LogP contribution in [0.25, 0.3) is 16.7 Å². The van der Waals surface area contributed by atoms with Crippen LogP contribution >= 0.6 is 0 Å². The van der Waals surface area contributed by atoms with Gasteiger partial charge in [0.1, 0.15) is 5.82 Å². The van der Waals surface area contributed by atoms with Gasteiger partial charge in [-0.05, 0) is 36.2 Å². The maximum absolute atomic E-state index is 4.58. The second kappa shape index (κ2) is 6.32. The average molecular weight is 312 g/mol. The summed E-state index contributed by atoms with van der Waals surface area (Å²) in [6, 6.07) is 27.6. The van der Waals surface area contributed by atoms with Crippen molar-refractivity contribution in [3.63, 3.8) is 0 Å². The van der Waals surface area contributed by atoms with Gasteiger partial charge in [0, 0.05) is 23.2 Å². The first kappa shape index (κ1) is 14.7. The lowest BCUT2D eigenvalue weighted by Crippen LogP contribution is -2.07. The summed E-state index contributed by atoms with van der Waals surface area (Å²) in [6.45, 7) is 2.29. The molecule has 1 unspecified atom stereocenters. The summed E-state index contributed by atoms with van der Waals surface area (Å²) in [5.74, 6) is 1.38. The molecule has 0 N–H and O–H groups in total. The number of nitrogens with zero attached hydrogens (tertiary/aromatic N) is 2. The Kier molecular flexibility index (Phi) is 3.87. The van der Waals surface area contributed by atoms with Crippen molar-refractivity contribution >= 4 is 10.9 Å². The van der Waals surface area contributed by atoms with Crippen LogP contribution in [0.3, 0.4) is 0 Å². The lowest BCUT2D eigenvalue weighted by Gasteiger charge is -2.16. The van der Waals surface area contributed by atoms with Crippen molar-refractivity contribution in [1.29, 1.82) is 0 Å². The Morgan fingerprint density at radius 2 is 1.62 bits per heavy atom. The lowest BCUT2D eigenvalue weighted by molar-refractivity contribution is 0.711. The maximum Gasteiger partial charge on any atom is 0.137 e. The van der Waals surface area contributed by atoms with E-state index < -0.39 is 0 Å². The van der Waals surface area contributed by atoms with Crippen LogP contribution in [0, 0.1) is 0 Å². The van der Waals surface area contributed by atoms with Gasteiger partial charge in [-0.25, -0.2) is 4.98 Å². The topological polar surface area (TPSA) is 17.8 Å². The van der Waals surface area contributed by atoms with Crippen LogP contribution in [0.2, 0.25) is 0 Å². The van der Waals surface area contributed by atoms with Crippen molar-refractivity contribution in [2.45, 2.75) is 19.3 Å². The predicted molar refractivity (Wildman–Crippen MR) is 99.6 cm³/mol. The number of hydrogen-bond donors (Lipinski definition) is 0. The van der Waals surface area contributed by atoms with Crippen LogP contribution in [0.15, 0.2) is 85.1 Å². The first-order valence-corrected chi connectivity index (χ1v) is 8.38. The fourth-order valence-electron chi connectivity index (χ4n) is 3.35. The fourth-order valence-corrected chi connectivity index (χ4v) is 3.35. The molecule has 0 aliphatic rings. The second-order valence-corrected chi connectivity index (χ2v) is 6.24. The number of pyridine rings is 1. The van der Waals surface area contributed by atoms with Gasteiger partial charge >= 0.3 is 0 Å². The molecule has 0 aliphatic heterocycles. The smallest absolute Gasteiger partial charge is 0.137 e. The van der Waals surface area contributed by atoms with E-state index in [4.69, 9.17) is 0 Å². The van der Waals surface area contributed by atoms with Gasteiger partial charge < -0.3 is 0 Å². The molecule has 2 nitrogen and oxygen atoms in total. The number of fused-ring (bicyclic) bond motifs is 1. The van der Waals surface area contributed by atoms with Crippen LogP contribution in [0.4, 0.5) is 0 Å². The summed E-state index contributed by atoms with van der Waals surface area (Å²) in [6.07, 6.45) is 2.87. The molecular weight excluding hydrogens is 292 g/mol. The molecule has 118 valence electrons. The lowest BCUT2D eigenvalue weighted by atomic mass is 9.98. The maximum atomic E-state index is 4.58. The minimum absolute atomic E-state index is 0.404. The summed E-state index contributed by atoms with van der Waals surface area (Å²) >= 11 is 0. The Balaban J connectivity index is 1.83. The molecule has 0 saturated carbocycles. The van der Waals surface area contributed by atoms with Gasteiger partial charge in [-0.2, -0.15) is 0 Å². The third kappa shape index (κ3) is 2.71. The molecule has 24 heavy (non-hydrogen) atoms. The molecule has 0 aliphatic carbocycles. The average Bonchev–Trinajstić information content (AvgIpc) is 3.03. The molecule has 2 heteroatoms. The van der Waals surface area contributed by atoms with E-state index in [0.717, 1.165) is 12.2 Å². The second-order valence-electron chi connectivity index (χ2n) is 6.24. The summed E-state index contributed by atoms with van der Waals surface area (Å²) in [7, 11) is 0. The van der Waals surface area contributed by atoms with E-state index in [0.29, 0.717) is 5.92 Å². The minimum atomic E-state index is 0.404. The highest BCUT2D eigenvalue weighted by molar-refractivity contribution is 5.83. The molecule has 0 radical (unpaired) electrons. The van der Waals surface area contributed by atoms with Crippen molar-refractivity contribution in [2.75, 3.05) is 0 Å². The normalized spacial score (nSPS) is 12.4. The molecule has 0 bridgehead atoms. The van der Waals surface area contributed by atoms with Gasteiger partial charge in [-0.1, -0.05) is 61.5 Å². The van der Waals surface area contributed by atoms with Crippen molar-refractivity contribution in [3.05, 3.63) is 96.3 Å². The standard InChI is InChI=1S/C22H20N2/c1-17(15-18-9-3-2-4-10-18)21-16-19-11-5-6-12-20(19)24(21)22-13-7-8-14-23-22/h2-14,16-17H,15H2,1H3. The molecule has 0 spiro atoms. The van der Waals surface area contributed by atoms with E-state index in [-0.39, 0.29) is 0 Å². The molecule has 0 saturated heterocycles. The van der Waals surface area contributed by atoms with E-state index in [9.17, 15) is 0 Å². The monoisotopic (exact) mass is 312 g/mol. The molecule has 2 aromatic heterocycles. The molecule has 4 rings (SSSR count). The fraction of sp³-hybridized carbons (Fsp3) is 0.136. The molecular formula is C22H20N2. The highest BCUT2D eigenvalue weighted by atomic mass is 15.1. The number of aromatic nitrogens is 2. The molecule has 0 amide bonds. The zero-order valence-electron chi connectivity index (χ0n) is 13.8. The largest absolute Gasteiger partial charge is 0.298 e. The molecule has 2 heterocycles. The summed E-state index contributed by atoms with van der Waals surface area (Å²) < 4.78 is 2.29. The van der Waals surface area contributed by atoms with Crippen molar-refractivity contribution in [2.24, 2.45) is 0 Å². The van der Waals surface area contributed by atoms with Crippen LogP contribution in [-0.2, 0) is 6.42 Å². The molecule has 1 atom stereocenters. The van der Waals surface area contributed by atoms with E-state index in [2.05, 4.69) is 83.2 Å². The van der Waals surface area contributed by atoms with Crippen LogP contribution in [0.5, 0.6) is 0 Å². The zero-order chi connectivity index (χ0) is 16.4. The Hall–Kier alpha value is -2.87. The molecule has 0 fully saturated rings. The van der Waals surface area contributed by atoms with E-state index in [1.54, 1.807) is 0 Å². The first-order chi connectivity index (χ1) is 11.8. The van der Waals surface area contributed by atoms with Crippen LogP contribution in [-0.4, -0.2) is 9.55 Å². The Morgan fingerprint density at radius 1 is 0.875 bits per heavy atom. The van der Waals surface area contributed by atoms with E-state index >= 15 is 0 Å². The Labute approximate surface area is 142 Å². The third-order valence-electron chi connectivity index (χ3n) is 4.51. The first-order valence-electron chi connectivity index (χ1n) is 8.38. The van der Waals surface area contributed by atoms with Crippen LogP contribution in [0.1, 0.15) is 24.1 Å². The highest BCUT2D eigenvalue weighted by Crippen LogP contribution is 2.30. The van der Waals surface area contributed by atoms with Gasteiger partial charge in [0.15, 0.2) is 0 Å². The summed E-state index contributed by atoms with van der Waals surface area (Å²) in [4.78, 5) is 4.58. The third-order valence-corrected chi connectivity index (χ3v) is 4.51. The minimum Gasteiger partial charge on any atom is -0.298 e. The zero-order valence-corrected chi connectivity index (χ0v) is 13.8. The predicted octanol–water partition coefficient (Wildman–Crippen LogP) is 5.37. The highest BCUT2D eigenvalue weighted by Gasteiger charge is 2.16. The van der Waals surface area contributed by atoms with Gasteiger partial charge in [0.25, 0.3) is 0 Å². The van der Waals surface area contributed by atoms with Crippen molar-refractivity contribution < 1.29 is 0 Å². The molecule has 4 aromatic rings. The Bertz CT molecular complexity index is 940. The van der Waals surface area contributed by atoms with Gasteiger partial charge in [-0.3, -0.25) is 4.57 Å². The van der Waals surface area contributed by atoms with Crippen molar-refractivity contribution in [3.8, 4) is 5.82 Å². The summed E-state index contributed by atoms with van der Waals surface area (Å²) in [5.41, 5.74) is 3.88. The number of rotatable bonds is 4.